The van der Waals surface area contributed by atoms with E-state index in [0.717, 1.165) is 21.2 Å². The van der Waals surface area contributed by atoms with Crippen molar-refractivity contribution in [3.8, 4) is 0 Å². The van der Waals surface area contributed by atoms with Gasteiger partial charge in [-0.1, -0.05) is 19.3 Å². The van der Waals surface area contributed by atoms with Gasteiger partial charge < -0.3 is 5.73 Å². The highest BCUT2D eigenvalue weighted by Gasteiger charge is 2.20. The molecule has 0 aromatic carbocycles. The third kappa shape index (κ3) is 4.27. The summed E-state index contributed by atoms with van der Waals surface area (Å²) in [6.07, 6.45) is 8.59. The highest BCUT2D eigenvalue weighted by molar-refractivity contribution is 9.10. The number of hydrogen-bond acceptors (Lipinski definition) is 3. The van der Waals surface area contributed by atoms with Gasteiger partial charge in [0.25, 0.3) is 0 Å². The number of rotatable bonds is 4. The van der Waals surface area contributed by atoms with Crippen LogP contribution in [-0.2, 0) is 0 Å². The summed E-state index contributed by atoms with van der Waals surface area (Å²) in [6, 6.07) is 4.40. The molecule has 1 unspecified atom stereocenters. The third-order valence-electron chi connectivity index (χ3n) is 3.38. The summed E-state index contributed by atoms with van der Waals surface area (Å²) in [7, 11) is 0. The van der Waals surface area contributed by atoms with Crippen molar-refractivity contribution in [3.63, 3.8) is 0 Å². The van der Waals surface area contributed by atoms with E-state index in [1.165, 1.54) is 32.1 Å². The van der Waals surface area contributed by atoms with Crippen LogP contribution in [0.25, 0.3) is 0 Å². The van der Waals surface area contributed by atoms with Crippen LogP contribution in [0.3, 0.4) is 0 Å². The van der Waals surface area contributed by atoms with Crippen molar-refractivity contribution in [3.05, 3.63) is 22.8 Å². The Labute approximate surface area is 116 Å². The molecule has 1 aromatic heterocycles. The molecule has 1 fully saturated rings. The van der Waals surface area contributed by atoms with E-state index in [-0.39, 0.29) is 0 Å². The van der Waals surface area contributed by atoms with Crippen LogP contribution in [0.1, 0.15) is 32.1 Å². The number of nitrogens with zero attached hydrogens (tertiary/aromatic N) is 1. The summed E-state index contributed by atoms with van der Waals surface area (Å²) >= 11 is 5.17. The third-order valence-corrected chi connectivity index (χ3v) is 4.94. The van der Waals surface area contributed by atoms with Crippen molar-refractivity contribution in [2.75, 3.05) is 5.75 Å². The molecule has 1 aliphatic rings. The molecule has 0 aliphatic heterocycles. The molecule has 0 amide bonds. The molecule has 1 saturated carbocycles. The van der Waals surface area contributed by atoms with Crippen molar-refractivity contribution in [1.29, 1.82) is 0 Å². The molecule has 2 rings (SSSR count). The van der Waals surface area contributed by atoms with E-state index >= 15 is 0 Å². The Kier molecular flexibility index (Phi) is 5.32. The number of aromatic nitrogens is 1. The predicted octanol–water partition coefficient (Wildman–Crippen LogP) is 3.84. The van der Waals surface area contributed by atoms with Gasteiger partial charge in [-0.3, -0.25) is 0 Å². The van der Waals surface area contributed by atoms with E-state index in [0.29, 0.717) is 6.04 Å². The van der Waals surface area contributed by atoms with Crippen molar-refractivity contribution in [2.24, 2.45) is 11.7 Å². The maximum absolute atomic E-state index is 6.27. The average molecular weight is 315 g/mol. The van der Waals surface area contributed by atoms with Crippen LogP contribution in [0.5, 0.6) is 0 Å². The van der Waals surface area contributed by atoms with Crippen molar-refractivity contribution < 1.29 is 0 Å². The minimum Gasteiger partial charge on any atom is -0.327 e. The Balaban J connectivity index is 1.78. The monoisotopic (exact) mass is 314 g/mol. The summed E-state index contributed by atoms with van der Waals surface area (Å²) in [5, 5.41) is 1.07. The molecule has 1 aromatic rings. The Morgan fingerprint density at radius 3 is 2.76 bits per heavy atom. The number of hydrogen-bond donors (Lipinski definition) is 1. The minimum atomic E-state index is 0.325. The van der Waals surface area contributed by atoms with Gasteiger partial charge in [-0.25, -0.2) is 4.98 Å². The number of halogens is 1. The molecule has 0 radical (unpaired) electrons. The van der Waals surface area contributed by atoms with Gasteiger partial charge in [-0.2, -0.15) is 0 Å². The summed E-state index contributed by atoms with van der Waals surface area (Å²) in [5.74, 6) is 1.71. The van der Waals surface area contributed by atoms with Gasteiger partial charge in [-0.05, 0) is 46.8 Å². The van der Waals surface area contributed by atoms with Crippen molar-refractivity contribution >= 4 is 27.7 Å². The van der Waals surface area contributed by atoms with Crippen molar-refractivity contribution in [1.82, 2.24) is 4.98 Å². The summed E-state index contributed by atoms with van der Waals surface area (Å²) in [6.45, 7) is 0. The van der Waals surface area contributed by atoms with Gasteiger partial charge in [-0.15, -0.1) is 11.8 Å². The van der Waals surface area contributed by atoms with E-state index in [9.17, 15) is 0 Å². The molecule has 2 nitrogen and oxygen atoms in total. The van der Waals surface area contributed by atoms with Crippen LogP contribution >= 0.6 is 27.7 Å². The summed E-state index contributed by atoms with van der Waals surface area (Å²) in [5.41, 5.74) is 6.27. The van der Waals surface area contributed by atoms with E-state index < -0.39 is 0 Å². The zero-order valence-corrected chi connectivity index (χ0v) is 12.3. The molecular formula is C13H19BrN2S. The Morgan fingerprint density at radius 1 is 1.35 bits per heavy atom. The molecule has 0 saturated heterocycles. The number of nitrogens with two attached hydrogens (primary N) is 1. The maximum Gasteiger partial charge on any atom is 0.0961 e. The van der Waals surface area contributed by atoms with Gasteiger partial charge in [0.15, 0.2) is 0 Å². The maximum atomic E-state index is 6.27. The molecule has 4 heteroatoms. The normalized spacial score (nSPS) is 19.2. The lowest BCUT2D eigenvalue weighted by Crippen LogP contribution is -2.33. The summed E-state index contributed by atoms with van der Waals surface area (Å²) in [4.78, 5) is 4.36. The molecule has 0 bridgehead atoms. The van der Waals surface area contributed by atoms with Crippen molar-refractivity contribution in [2.45, 2.75) is 43.2 Å². The first-order chi connectivity index (χ1) is 8.25. The molecule has 2 N–H and O–H groups in total. The van der Waals surface area contributed by atoms with E-state index in [1.807, 2.05) is 18.3 Å². The first-order valence-electron chi connectivity index (χ1n) is 6.25. The smallest absolute Gasteiger partial charge is 0.0961 e. The lowest BCUT2D eigenvalue weighted by Gasteiger charge is -2.27. The van der Waals surface area contributed by atoms with Crippen LogP contribution in [-0.4, -0.2) is 16.8 Å². The second kappa shape index (κ2) is 6.76. The van der Waals surface area contributed by atoms with Crippen LogP contribution in [0.2, 0.25) is 0 Å². The SMILES string of the molecule is NC(CSc1ccc(Br)cn1)C1CCCCC1. The topological polar surface area (TPSA) is 38.9 Å². The van der Waals surface area contributed by atoms with Crippen LogP contribution in [0.15, 0.2) is 27.8 Å². The van der Waals surface area contributed by atoms with E-state index in [2.05, 4.69) is 20.9 Å². The standard InChI is InChI=1S/C13H19BrN2S/c14-11-6-7-13(16-8-11)17-9-12(15)10-4-2-1-3-5-10/h6-8,10,12H,1-5,9,15H2. The average Bonchev–Trinajstić information content (AvgIpc) is 2.39. The van der Waals surface area contributed by atoms with Gasteiger partial charge in [0.1, 0.15) is 0 Å². The van der Waals surface area contributed by atoms with Crippen LogP contribution in [0.4, 0.5) is 0 Å². The number of thioether (sulfide) groups is 1. The first-order valence-corrected chi connectivity index (χ1v) is 8.03. The minimum absolute atomic E-state index is 0.325. The largest absolute Gasteiger partial charge is 0.327 e. The Morgan fingerprint density at radius 2 is 2.12 bits per heavy atom. The van der Waals surface area contributed by atoms with E-state index in [4.69, 9.17) is 5.73 Å². The van der Waals surface area contributed by atoms with Crippen LogP contribution in [0, 0.1) is 5.92 Å². The molecule has 94 valence electrons. The Bertz CT molecular complexity index is 336. The van der Waals surface area contributed by atoms with Gasteiger partial charge in [0, 0.05) is 22.5 Å². The van der Waals surface area contributed by atoms with Gasteiger partial charge in [0.2, 0.25) is 0 Å². The Hall–Kier alpha value is -0.0600. The molecule has 1 atom stereocenters. The molecule has 1 heterocycles. The van der Waals surface area contributed by atoms with Gasteiger partial charge >= 0.3 is 0 Å². The first kappa shape index (κ1) is 13.4. The van der Waals surface area contributed by atoms with Crippen LogP contribution < -0.4 is 5.73 Å². The molecule has 17 heavy (non-hydrogen) atoms. The fourth-order valence-electron chi connectivity index (χ4n) is 2.33. The lowest BCUT2D eigenvalue weighted by atomic mass is 9.85. The van der Waals surface area contributed by atoms with Gasteiger partial charge in [0.05, 0.1) is 5.03 Å². The fraction of sp³-hybridized carbons (Fsp3) is 0.615. The highest BCUT2D eigenvalue weighted by atomic mass is 79.9. The quantitative estimate of drug-likeness (QED) is 0.858. The fourth-order valence-corrected chi connectivity index (χ4v) is 3.49. The second-order valence-corrected chi connectivity index (χ2v) is 6.64. The molecular weight excluding hydrogens is 296 g/mol. The lowest BCUT2D eigenvalue weighted by molar-refractivity contribution is 0.319. The van der Waals surface area contributed by atoms with E-state index in [1.54, 1.807) is 11.8 Å². The molecule has 0 spiro atoms. The zero-order valence-electron chi connectivity index (χ0n) is 9.94. The zero-order chi connectivity index (χ0) is 12.1. The number of pyridine rings is 1. The predicted molar refractivity (Wildman–Crippen MR) is 77.2 cm³/mol. The highest BCUT2D eigenvalue weighted by Crippen LogP contribution is 2.28. The molecule has 1 aliphatic carbocycles. The summed E-state index contributed by atoms with van der Waals surface area (Å²) < 4.78 is 1.03. The second-order valence-electron chi connectivity index (χ2n) is 4.69.